The number of hydrogen-bond donors (Lipinski definition) is 2. The Labute approximate surface area is 49.4 Å². The number of nitrogens with two attached hydrogens (primary N) is 1. The minimum atomic E-state index is 0. The molecule has 0 spiro atoms. The van der Waals surface area contributed by atoms with Crippen LogP contribution in [0.2, 0.25) is 0 Å². The molecule has 7 heavy (non-hydrogen) atoms. The SMILES string of the molecule is CN=C(C)NN.Cl. The summed E-state index contributed by atoms with van der Waals surface area (Å²) in [4.78, 5) is 3.69. The lowest BCUT2D eigenvalue weighted by Crippen LogP contribution is -2.27. The van der Waals surface area contributed by atoms with Gasteiger partial charge in [0, 0.05) is 7.05 Å². The molecule has 44 valence electrons. The molecule has 0 bridgehead atoms. The van der Waals surface area contributed by atoms with Gasteiger partial charge < -0.3 is 5.43 Å². The van der Waals surface area contributed by atoms with E-state index in [1.165, 1.54) is 0 Å². The van der Waals surface area contributed by atoms with Gasteiger partial charge in [-0.05, 0) is 6.92 Å². The van der Waals surface area contributed by atoms with Gasteiger partial charge in [-0.2, -0.15) is 0 Å². The minimum Gasteiger partial charge on any atom is -0.313 e. The average Bonchev–Trinajstić information content (AvgIpc) is 1.65. The molecule has 0 atom stereocenters. The third-order valence-corrected chi connectivity index (χ3v) is 0.544. The zero-order valence-corrected chi connectivity index (χ0v) is 5.25. The maximum atomic E-state index is 4.90. The molecule has 0 aromatic rings. The first-order valence-corrected chi connectivity index (χ1v) is 1.71. The molecule has 0 aromatic heterocycles. The van der Waals surface area contributed by atoms with Gasteiger partial charge in [0.25, 0.3) is 0 Å². The Morgan fingerprint density at radius 2 is 2.14 bits per heavy atom. The van der Waals surface area contributed by atoms with E-state index in [4.69, 9.17) is 5.84 Å². The van der Waals surface area contributed by atoms with Crippen LogP contribution in [0.25, 0.3) is 0 Å². The summed E-state index contributed by atoms with van der Waals surface area (Å²) in [6, 6.07) is 0. The number of nitrogens with zero attached hydrogens (tertiary/aromatic N) is 1. The summed E-state index contributed by atoms with van der Waals surface area (Å²) < 4.78 is 0. The van der Waals surface area contributed by atoms with Gasteiger partial charge in [-0.25, -0.2) is 5.84 Å². The molecule has 0 aliphatic rings. The highest BCUT2D eigenvalue weighted by atomic mass is 35.5. The Morgan fingerprint density at radius 3 is 2.14 bits per heavy atom. The Bertz CT molecular complexity index is 61.2. The predicted octanol–water partition coefficient (Wildman–Crippen LogP) is -0.0803. The van der Waals surface area contributed by atoms with E-state index in [0.717, 1.165) is 5.84 Å². The number of aliphatic imine (C=N–C) groups is 1. The van der Waals surface area contributed by atoms with Crippen molar-refractivity contribution in [3.05, 3.63) is 0 Å². The fourth-order valence-electron chi connectivity index (χ4n) is 0.0645. The molecule has 0 fully saturated rings. The first-order valence-electron chi connectivity index (χ1n) is 1.71. The number of rotatable bonds is 0. The maximum Gasteiger partial charge on any atom is 0.107 e. The third kappa shape index (κ3) is 5.72. The molecule has 0 saturated heterocycles. The first kappa shape index (κ1) is 9.87. The molecule has 4 heteroatoms. The minimum absolute atomic E-state index is 0. The fourth-order valence-corrected chi connectivity index (χ4v) is 0.0645. The van der Waals surface area contributed by atoms with E-state index >= 15 is 0 Å². The van der Waals surface area contributed by atoms with E-state index in [0.29, 0.717) is 0 Å². The molecule has 3 nitrogen and oxygen atoms in total. The summed E-state index contributed by atoms with van der Waals surface area (Å²) in [6.45, 7) is 1.79. The molecule has 0 aliphatic carbocycles. The highest BCUT2D eigenvalue weighted by Gasteiger charge is 1.71. The Kier molecular flexibility index (Phi) is 8.06. The van der Waals surface area contributed by atoms with Crippen LogP contribution in [0.15, 0.2) is 4.99 Å². The molecule has 0 aromatic carbocycles. The zero-order valence-electron chi connectivity index (χ0n) is 4.43. The van der Waals surface area contributed by atoms with Crippen LogP contribution in [0, 0.1) is 0 Å². The highest BCUT2D eigenvalue weighted by Crippen LogP contribution is 1.57. The molecular weight excluding hydrogens is 114 g/mol. The second-order valence-corrected chi connectivity index (χ2v) is 0.953. The van der Waals surface area contributed by atoms with Crippen LogP contribution >= 0.6 is 12.4 Å². The molecule has 0 saturated carbocycles. The van der Waals surface area contributed by atoms with Crippen molar-refractivity contribution >= 4 is 18.2 Å². The number of amidine groups is 1. The van der Waals surface area contributed by atoms with E-state index in [-0.39, 0.29) is 12.4 Å². The van der Waals surface area contributed by atoms with Crippen molar-refractivity contribution in [3.8, 4) is 0 Å². The average molecular weight is 124 g/mol. The first-order chi connectivity index (χ1) is 2.81. The number of nitrogens with one attached hydrogen (secondary N) is 1. The smallest absolute Gasteiger partial charge is 0.107 e. The summed E-state index contributed by atoms with van der Waals surface area (Å²) in [5.41, 5.74) is 2.36. The lowest BCUT2D eigenvalue weighted by molar-refractivity contribution is 1.01. The number of hydrazine groups is 1. The van der Waals surface area contributed by atoms with Crippen molar-refractivity contribution in [1.29, 1.82) is 0 Å². The molecule has 3 N–H and O–H groups in total. The van der Waals surface area contributed by atoms with Gasteiger partial charge in [0.2, 0.25) is 0 Å². The van der Waals surface area contributed by atoms with Gasteiger partial charge in [0.15, 0.2) is 0 Å². The van der Waals surface area contributed by atoms with E-state index < -0.39 is 0 Å². The van der Waals surface area contributed by atoms with Crippen LogP contribution in [0.1, 0.15) is 6.92 Å². The molecule has 0 amide bonds. The van der Waals surface area contributed by atoms with Gasteiger partial charge in [-0.1, -0.05) is 0 Å². The second kappa shape index (κ2) is 5.72. The van der Waals surface area contributed by atoms with E-state index in [9.17, 15) is 0 Å². The molecule has 0 aliphatic heterocycles. The monoisotopic (exact) mass is 123 g/mol. The van der Waals surface area contributed by atoms with Crippen molar-refractivity contribution in [2.45, 2.75) is 6.92 Å². The van der Waals surface area contributed by atoms with Crippen molar-refractivity contribution in [2.24, 2.45) is 10.8 Å². The van der Waals surface area contributed by atoms with Crippen LogP contribution in [0.5, 0.6) is 0 Å². The quantitative estimate of drug-likeness (QED) is 0.205. The van der Waals surface area contributed by atoms with E-state index in [1.807, 2.05) is 0 Å². The van der Waals surface area contributed by atoms with Crippen LogP contribution in [-0.4, -0.2) is 12.9 Å². The van der Waals surface area contributed by atoms with Gasteiger partial charge in [-0.3, -0.25) is 4.99 Å². The topological polar surface area (TPSA) is 50.4 Å². The molecule has 0 rings (SSSR count). The lowest BCUT2D eigenvalue weighted by Gasteiger charge is -1.90. The van der Waals surface area contributed by atoms with Gasteiger partial charge in [0.1, 0.15) is 5.84 Å². The zero-order chi connectivity index (χ0) is 4.99. The molecule has 0 heterocycles. The highest BCUT2D eigenvalue weighted by molar-refractivity contribution is 5.85. The molecule has 0 radical (unpaired) electrons. The van der Waals surface area contributed by atoms with E-state index in [2.05, 4.69) is 10.4 Å². The predicted molar refractivity (Wildman–Crippen MR) is 33.6 cm³/mol. The number of hydrogen-bond acceptors (Lipinski definition) is 2. The van der Waals surface area contributed by atoms with Crippen LogP contribution in [-0.2, 0) is 0 Å². The van der Waals surface area contributed by atoms with Crippen molar-refractivity contribution < 1.29 is 0 Å². The Hall–Kier alpha value is -0.280. The summed E-state index contributed by atoms with van der Waals surface area (Å²) >= 11 is 0. The fraction of sp³-hybridized carbons (Fsp3) is 0.667. The van der Waals surface area contributed by atoms with Crippen LogP contribution in [0.4, 0.5) is 0 Å². The van der Waals surface area contributed by atoms with Crippen LogP contribution in [0.3, 0.4) is 0 Å². The summed E-state index contributed by atoms with van der Waals surface area (Å²) in [6.07, 6.45) is 0. The third-order valence-electron chi connectivity index (χ3n) is 0.544. The standard InChI is InChI=1S/C3H9N3.ClH/c1-3(5-2)6-4;/h4H2,1-2H3,(H,5,6);1H. The van der Waals surface area contributed by atoms with Crippen LogP contribution < -0.4 is 11.3 Å². The van der Waals surface area contributed by atoms with Crippen molar-refractivity contribution in [3.63, 3.8) is 0 Å². The largest absolute Gasteiger partial charge is 0.313 e. The van der Waals surface area contributed by atoms with Gasteiger partial charge in [-0.15, -0.1) is 12.4 Å². The molecular formula is C3H10ClN3. The lowest BCUT2D eigenvalue weighted by atomic mass is 10.7. The summed E-state index contributed by atoms with van der Waals surface area (Å²) in [7, 11) is 1.68. The van der Waals surface area contributed by atoms with E-state index in [1.54, 1.807) is 14.0 Å². The molecule has 0 unspecified atom stereocenters. The second-order valence-electron chi connectivity index (χ2n) is 0.953. The Balaban J connectivity index is 0. The van der Waals surface area contributed by atoms with Gasteiger partial charge >= 0.3 is 0 Å². The maximum absolute atomic E-state index is 4.90. The summed E-state index contributed by atoms with van der Waals surface area (Å²) in [5, 5.41) is 0. The van der Waals surface area contributed by atoms with Crippen molar-refractivity contribution in [2.75, 3.05) is 7.05 Å². The number of halogens is 1. The van der Waals surface area contributed by atoms with Crippen molar-refractivity contribution in [1.82, 2.24) is 5.43 Å². The van der Waals surface area contributed by atoms with Gasteiger partial charge in [0.05, 0.1) is 0 Å². The normalized spacial score (nSPS) is 9.86. The summed E-state index contributed by atoms with van der Waals surface area (Å²) in [5.74, 6) is 5.65. The Morgan fingerprint density at radius 1 is 1.71 bits per heavy atom.